The Kier molecular flexibility index (Phi) is 5.49. The van der Waals surface area contributed by atoms with Gasteiger partial charge in [0, 0.05) is 5.56 Å². The van der Waals surface area contributed by atoms with E-state index in [4.69, 9.17) is 4.74 Å². The third-order valence-corrected chi connectivity index (χ3v) is 4.03. The second-order valence-electron chi connectivity index (χ2n) is 4.60. The molecule has 0 radical (unpaired) electrons. The molecule has 1 heterocycles. The van der Waals surface area contributed by atoms with Crippen LogP contribution in [0.3, 0.4) is 0 Å². The maximum atomic E-state index is 5.65. The minimum Gasteiger partial charge on any atom is -0.494 e. The number of aromatic nitrogens is 2. The molecular weight excluding hydrogens is 270 g/mol. The first-order valence-electron chi connectivity index (χ1n) is 7.04. The number of ether oxygens (including phenoxy) is 1. The predicted molar refractivity (Wildman–Crippen MR) is 83.2 cm³/mol. The molecule has 0 amide bonds. The SMILES string of the molecule is CCCOc1cccc(-c2nnc(C(C)NCC)s2)c1. The second kappa shape index (κ2) is 7.36. The standard InChI is InChI=1S/C15H21N3OS/c1-4-9-19-13-8-6-7-12(10-13)15-18-17-14(20-15)11(3)16-5-2/h6-8,10-11,16H,4-5,9H2,1-3H3. The molecular formula is C15H21N3OS. The highest BCUT2D eigenvalue weighted by Gasteiger charge is 2.12. The van der Waals surface area contributed by atoms with Crippen LogP contribution >= 0.6 is 11.3 Å². The average molecular weight is 291 g/mol. The van der Waals surface area contributed by atoms with Crippen LogP contribution in [0.5, 0.6) is 5.75 Å². The van der Waals surface area contributed by atoms with E-state index in [2.05, 4.69) is 36.3 Å². The lowest BCUT2D eigenvalue weighted by molar-refractivity contribution is 0.317. The summed E-state index contributed by atoms with van der Waals surface area (Å²) in [6.07, 6.45) is 1.01. The first-order chi connectivity index (χ1) is 9.74. The minimum atomic E-state index is 0.241. The molecule has 1 N–H and O–H groups in total. The van der Waals surface area contributed by atoms with Gasteiger partial charge in [0.05, 0.1) is 12.6 Å². The van der Waals surface area contributed by atoms with Gasteiger partial charge in [-0.1, -0.05) is 37.3 Å². The second-order valence-corrected chi connectivity index (χ2v) is 5.61. The molecule has 5 heteroatoms. The van der Waals surface area contributed by atoms with Gasteiger partial charge < -0.3 is 10.1 Å². The molecule has 1 atom stereocenters. The van der Waals surface area contributed by atoms with Crippen LogP contribution in [0.1, 0.15) is 38.2 Å². The van der Waals surface area contributed by atoms with Crippen molar-refractivity contribution >= 4 is 11.3 Å². The van der Waals surface area contributed by atoms with Crippen LogP contribution in [0, 0.1) is 0 Å². The molecule has 0 aliphatic heterocycles. The quantitative estimate of drug-likeness (QED) is 0.845. The van der Waals surface area contributed by atoms with Crippen LogP contribution in [0.2, 0.25) is 0 Å². The Morgan fingerprint density at radius 3 is 2.90 bits per heavy atom. The highest BCUT2D eigenvalue weighted by Crippen LogP contribution is 2.28. The fraction of sp³-hybridized carbons (Fsp3) is 0.467. The molecule has 2 rings (SSSR count). The zero-order chi connectivity index (χ0) is 14.4. The van der Waals surface area contributed by atoms with Crippen molar-refractivity contribution in [2.45, 2.75) is 33.2 Å². The lowest BCUT2D eigenvalue weighted by Crippen LogP contribution is -2.17. The molecule has 2 aromatic rings. The summed E-state index contributed by atoms with van der Waals surface area (Å²) in [6, 6.07) is 8.28. The normalized spacial score (nSPS) is 12.3. The highest BCUT2D eigenvalue weighted by atomic mass is 32.1. The van der Waals surface area contributed by atoms with E-state index in [0.29, 0.717) is 0 Å². The number of hydrogen-bond acceptors (Lipinski definition) is 5. The number of nitrogens with one attached hydrogen (secondary N) is 1. The van der Waals surface area contributed by atoms with Crippen molar-refractivity contribution in [3.8, 4) is 16.3 Å². The Balaban J connectivity index is 2.15. The monoisotopic (exact) mass is 291 g/mol. The van der Waals surface area contributed by atoms with Crippen molar-refractivity contribution in [2.75, 3.05) is 13.2 Å². The highest BCUT2D eigenvalue weighted by molar-refractivity contribution is 7.14. The molecule has 0 saturated heterocycles. The average Bonchev–Trinajstić information content (AvgIpc) is 2.95. The topological polar surface area (TPSA) is 47.0 Å². The van der Waals surface area contributed by atoms with Crippen molar-refractivity contribution in [3.05, 3.63) is 29.3 Å². The van der Waals surface area contributed by atoms with Crippen molar-refractivity contribution in [1.29, 1.82) is 0 Å². The number of rotatable bonds is 7. The Morgan fingerprint density at radius 2 is 2.15 bits per heavy atom. The van der Waals surface area contributed by atoms with Gasteiger partial charge in [-0.05, 0) is 32.0 Å². The fourth-order valence-corrected chi connectivity index (χ4v) is 2.72. The molecule has 0 bridgehead atoms. The summed E-state index contributed by atoms with van der Waals surface area (Å²) in [6.45, 7) is 7.96. The van der Waals surface area contributed by atoms with Gasteiger partial charge in [0.2, 0.25) is 0 Å². The zero-order valence-corrected chi connectivity index (χ0v) is 13.0. The lowest BCUT2D eigenvalue weighted by atomic mass is 10.2. The molecule has 0 aliphatic carbocycles. The van der Waals surface area contributed by atoms with Crippen LogP contribution in [0.4, 0.5) is 0 Å². The van der Waals surface area contributed by atoms with Crippen LogP contribution in [-0.2, 0) is 0 Å². The van der Waals surface area contributed by atoms with Gasteiger partial charge in [-0.3, -0.25) is 0 Å². The lowest BCUT2D eigenvalue weighted by Gasteiger charge is -2.06. The maximum Gasteiger partial charge on any atom is 0.147 e. The number of benzene rings is 1. The molecule has 0 aliphatic rings. The van der Waals surface area contributed by atoms with Crippen LogP contribution in [0.15, 0.2) is 24.3 Å². The fourth-order valence-electron chi connectivity index (χ4n) is 1.86. The Morgan fingerprint density at radius 1 is 1.30 bits per heavy atom. The predicted octanol–water partition coefficient (Wildman–Crippen LogP) is 3.66. The van der Waals surface area contributed by atoms with E-state index in [-0.39, 0.29) is 6.04 Å². The van der Waals surface area contributed by atoms with E-state index in [0.717, 1.165) is 40.9 Å². The summed E-state index contributed by atoms with van der Waals surface area (Å²) >= 11 is 1.63. The van der Waals surface area contributed by atoms with Gasteiger partial charge in [-0.15, -0.1) is 10.2 Å². The molecule has 1 aromatic heterocycles. The molecule has 0 saturated carbocycles. The van der Waals surface area contributed by atoms with Crippen molar-refractivity contribution in [2.24, 2.45) is 0 Å². The van der Waals surface area contributed by atoms with Gasteiger partial charge >= 0.3 is 0 Å². The largest absolute Gasteiger partial charge is 0.494 e. The summed E-state index contributed by atoms with van der Waals surface area (Å²) in [5, 5.41) is 13.9. The molecule has 20 heavy (non-hydrogen) atoms. The van der Waals surface area contributed by atoms with Gasteiger partial charge in [0.25, 0.3) is 0 Å². The van der Waals surface area contributed by atoms with Gasteiger partial charge in [0.1, 0.15) is 15.8 Å². The summed E-state index contributed by atoms with van der Waals surface area (Å²) < 4.78 is 5.65. The number of hydrogen-bond donors (Lipinski definition) is 1. The summed E-state index contributed by atoms with van der Waals surface area (Å²) in [7, 11) is 0. The minimum absolute atomic E-state index is 0.241. The van der Waals surface area contributed by atoms with E-state index in [1.807, 2.05) is 24.3 Å². The molecule has 108 valence electrons. The summed E-state index contributed by atoms with van der Waals surface area (Å²) in [4.78, 5) is 0. The summed E-state index contributed by atoms with van der Waals surface area (Å²) in [5.74, 6) is 0.890. The van der Waals surface area contributed by atoms with Gasteiger partial charge in [0.15, 0.2) is 0 Å². The van der Waals surface area contributed by atoms with Crippen LogP contribution in [-0.4, -0.2) is 23.3 Å². The molecule has 0 fully saturated rings. The smallest absolute Gasteiger partial charge is 0.147 e. The Bertz CT molecular complexity index is 541. The Labute approximate surface area is 124 Å². The van der Waals surface area contributed by atoms with Gasteiger partial charge in [-0.2, -0.15) is 0 Å². The van der Waals surface area contributed by atoms with E-state index in [1.165, 1.54) is 0 Å². The zero-order valence-electron chi connectivity index (χ0n) is 12.2. The first kappa shape index (κ1) is 14.9. The number of nitrogens with zero attached hydrogens (tertiary/aromatic N) is 2. The van der Waals surface area contributed by atoms with E-state index in [9.17, 15) is 0 Å². The molecule has 1 aromatic carbocycles. The van der Waals surface area contributed by atoms with Crippen molar-refractivity contribution < 1.29 is 4.74 Å². The van der Waals surface area contributed by atoms with E-state index < -0.39 is 0 Å². The molecule has 0 spiro atoms. The molecule has 1 unspecified atom stereocenters. The van der Waals surface area contributed by atoms with Crippen LogP contribution in [0.25, 0.3) is 10.6 Å². The third kappa shape index (κ3) is 3.77. The maximum absolute atomic E-state index is 5.65. The third-order valence-electron chi connectivity index (χ3n) is 2.88. The summed E-state index contributed by atoms with van der Waals surface area (Å²) in [5.41, 5.74) is 1.06. The van der Waals surface area contributed by atoms with E-state index in [1.54, 1.807) is 11.3 Å². The Hall–Kier alpha value is -1.46. The molecule has 4 nitrogen and oxygen atoms in total. The first-order valence-corrected chi connectivity index (χ1v) is 7.86. The van der Waals surface area contributed by atoms with Crippen LogP contribution < -0.4 is 10.1 Å². The van der Waals surface area contributed by atoms with Gasteiger partial charge in [-0.25, -0.2) is 0 Å². The van der Waals surface area contributed by atoms with Crippen molar-refractivity contribution in [3.63, 3.8) is 0 Å². The van der Waals surface area contributed by atoms with Crippen molar-refractivity contribution in [1.82, 2.24) is 15.5 Å². The van der Waals surface area contributed by atoms with E-state index >= 15 is 0 Å².